The lowest BCUT2D eigenvalue weighted by atomic mass is 9.88. The summed E-state index contributed by atoms with van der Waals surface area (Å²) in [7, 11) is 0. The van der Waals surface area contributed by atoms with Crippen LogP contribution in [0, 0.1) is 11.8 Å². The molecule has 1 aliphatic heterocycles. The molecule has 0 bridgehead atoms. The van der Waals surface area contributed by atoms with Crippen molar-refractivity contribution in [3.8, 4) is 0 Å². The number of hydrogen-bond acceptors (Lipinski definition) is 3. The molecule has 1 aliphatic rings. The highest BCUT2D eigenvalue weighted by Gasteiger charge is 2.39. The maximum absolute atomic E-state index is 12.0. The number of nitrogens with two attached hydrogens (primary N) is 1. The van der Waals surface area contributed by atoms with Gasteiger partial charge >= 0.3 is 0 Å². The van der Waals surface area contributed by atoms with Crippen molar-refractivity contribution in [2.45, 2.75) is 27.7 Å². The Bertz CT molecular complexity index is 410. The minimum atomic E-state index is -0.682. The molecule has 3 amide bonds. The predicted molar refractivity (Wildman–Crippen MR) is 62.6 cm³/mol. The Morgan fingerprint density at radius 1 is 1.24 bits per heavy atom. The molecule has 0 saturated carbocycles. The van der Waals surface area contributed by atoms with Gasteiger partial charge in [-0.25, -0.2) is 0 Å². The molecule has 0 aromatic carbocycles. The van der Waals surface area contributed by atoms with E-state index in [1.807, 2.05) is 20.8 Å². The molecule has 0 aromatic rings. The van der Waals surface area contributed by atoms with Gasteiger partial charge in [-0.1, -0.05) is 20.8 Å². The van der Waals surface area contributed by atoms with Gasteiger partial charge in [0, 0.05) is 11.1 Å². The first-order valence-electron chi connectivity index (χ1n) is 5.62. The minimum Gasteiger partial charge on any atom is -0.368 e. The van der Waals surface area contributed by atoms with Gasteiger partial charge < -0.3 is 5.73 Å². The van der Waals surface area contributed by atoms with E-state index in [0.717, 1.165) is 4.90 Å². The van der Waals surface area contributed by atoms with Crippen LogP contribution in [0.5, 0.6) is 0 Å². The number of carbonyl (C=O) groups excluding carboxylic acids is 3. The van der Waals surface area contributed by atoms with Crippen LogP contribution in [0.15, 0.2) is 11.1 Å². The second kappa shape index (κ2) is 4.69. The first-order valence-corrected chi connectivity index (χ1v) is 5.62. The van der Waals surface area contributed by atoms with Gasteiger partial charge in [-0.2, -0.15) is 0 Å². The molecule has 0 radical (unpaired) electrons. The fourth-order valence-corrected chi connectivity index (χ4v) is 1.88. The average Bonchev–Trinajstić information content (AvgIpc) is 2.41. The van der Waals surface area contributed by atoms with E-state index in [-0.39, 0.29) is 24.3 Å². The van der Waals surface area contributed by atoms with Crippen LogP contribution >= 0.6 is 0 Å². The number of imide groups is 1. The molecule has 0 aromatic heterocycles. The summed E-state index contributed by atoms with van der Waals surface area (Å²) in [6.07, 6.45) is 0. The number of amides is 3. The van der Waals surface area contributed by atoms with Crippen LogP contribution in [0.1, 0.15) is 27.7 Å². The second-order valence-electron chi connectivity index (χ2n) is 4.73. The zero-order chi connectivity index (χ0) is 13.3. The fraction of sp³-hybridized carbons (Fsp3) is 0.583. The summed E-state index contributed by atoms with van der Waals surface area (Å²) in [6, 6.07) is 0. The standard InChI is InChI=1S/C12H18N2O3/c1-6(2)7(3)10-8(4)11(16)14(12(10)17)5-9(13)15/h6-7H,5H2,1-4H3,(H2,13,15). The maximum Gasteiger partial charge on any atom is 0.257 e. The first kappa shape index (κ1) is 13.4. The average molecular weight is 238 g/mol. The summed E-state index contributed by atoms with van der Waals surface area (Å²) in [5.41, 5.74) is 5.95. The third kappa shape index (κ3) is 2.38. The lowest BCUT2D eigenvalue weighted by Crippen LogP contribution is -2.39. The molecule has 1 unspecified atom stereocenters. The van der Waals surface area contributed by atoms with E-state index in [1.165, 1.54) is 0 Å². The molecule has 0 saturated heterocycles. The molecule has 0 fully saturated rings. The highest BCUT2D eigenvalue weighted by Crippen LogP contribution is 2.30. The lowest BCUT2D eigenvalue weighted by Gasteiger charge is -2.18. The third-order valence-electron chi connectivity index (χ3n) is 3.21. The molecule has 0 spiro atoms. The van der Waals surface area contributed by atoms with Crippen molar-refractivity contribution in [3.63, 3.8) is 0 Å². The summed E-state index contributed by atoms with van der Waals surface area (Å²) in [6.45, 7) is 7.15. The summed E-state index contributed by atoms with van der Waals surface area (Å²) in [5.74, 6) is -1.23. The van der Waals surface area contributed by atoms with Gasteiger partial charge in [0.1, 0.15) is 6.54 Å². The van der Waals surface area contributed by atoms with Crippen molar-refractivity contribution >= 4 is 17.7 Å². The number of primary amides is 1. The first-order chi connectivity index (χ1) is 7.77. The van der Waals surface area contributed by atoms with Crippen LogP contribution in [0.4, 0.5) is 0 Å². The van der Waals surface area contributed by atoms with Gasteiger partial charge in [0.15, 0.2) is 0 Å². The third-order valence-corrected chi connectivity index (χ3v) is 3.21. The number of carbonyl (C=O) groups is 3. The van der Waals surface area contributed by atoms with Crippen LogP contribution in [-0.4, -0.2) is 29.2 Å². The Morgan fingerprint density at radius 3 is 2.18 bits per heavy atom. The Hall–Kier alpha value is -1.65. The lowest BCUT2D eigenvalue weighted by molar-refractivity contribution is -0.141. The molecule has 1 heterocycles. The van der Waals surface area contributed by atoms with Gasteiger partial charge in [-0.3, -0.25) is 19.3 Å². The Morgan fingerprint density at radius 2 is 1.76 bits per heavy atom. The van der Waals surface area contributed by atoms with Crippen molar-refractivity contribution < 1.29 is 14.4 Å². The van der Waals surface area contributed by atoms with Crippen LogP contribution in [0.2, 0.25) is 0 Å². The molecule has 1 rings (SSSR count). The normalized spacial score (nSPS) is 18.3. The van der Waals surface area contributed by atoms with Crippen molar-refractivity contribution in [2.24, 2.45) is 17.6 Å². The predicted octanol–water partition coefficient (Wildman–Crippen LogP) is 0.449. The van der Waals surface area contributed by atoms with Crippen molar-refractivity contribution in [2.75, 3.05) is 6.54 Å². The maximum atomic E-state index is 12.0. The monoisotopic (exact) mass is 238 g/mol. The van der Waals surface area contributed by atoms with E-state index < -0.39 is 11.8 Å². The van der Waals surface area contributed by atoms with Gasteiger partial charge in [0.2, 0.25) is 5.91 Å². The molecular formula is C12H18N2O3. The SMILES string of the molecule is CC1=C(C(C)C(C)C)C(=O)N(CC(N)=O)C1=O. The van der Waals surface area contributed by atoms with E-state index in [0.29, 0.717) is 11.1 Å². The largest absolute Gasteiger partial charge is 0.368 e. The summed E-state index contributed by atoms with van der Waals surface area (Å²) in [5, 5.41) is 0. The topological polar surface area (TPSA) is 80.5 Å². The van der Waals surface area contributed by atoms with E-state index in [9.17, 15) is 14.4 Å². The van der Waals surface area contributed by atoms with Gasteiger partial charge in [0.25, 0.3) is 11.8 Å². The van der Waals surface area contributed by atoms with Crippen molar-refractivity contribution in [1.82, 2.24) is 4.90 Å². The zero-order valence-corrected chi connectivity index (χ0v) is 10.6. The van der Waals surface area contributed by atoms with E-state index in [1.54, 1.807) is 6.92 Å². The Balaban J connectivity index is 3.04. The van der Waals surface area contributed by atoms with Gasteiger partial charge in [0.05, 0.1) is 0 Å². The van der Waals surface area contributed by atoms with Gasteiger partial charge in [-0.05, 0) is 18.8 Å². The Kier molecular flexibility index (Phi) is 3.70. The minimum absolute atomic E-state index is 0.00988. The highest BCUT2D eigenvalue weighted by atomic mass is 16.2. The quantitative estimate of drug-likeness (QED) is 0.722. The van der Waals surface area contributed by atoms with Crippen LogP contribution < -0.4 is 5.73 Å². The fourth-order valence-electron chi connectivity index (χ4n) is 1.88. The molecule has 5 heteroatoms. The van der Waals surface area contributed by atoms with E-state index in [4.69, 9.17) is 5.73 Å². The Labute approximate surface area is 101 Å². The van der Waals surface area contributed by atoms with Crippen LogP contribution in [-0.2, 0) is 14.4 Å². The molecular weight excluding hydrogens is 220 g/mol. The second-order valence-corrected chi connectivity index (χ2v) is 4.73. The van der Waals surface area contributed by atoms with Crippen molar-refractivity contribution in [3.05, 3.63) is 11.1 Å². The van der Waals surface area contributed by atoms with Crippen LogP contribution in [0.3, 0.4) is 0 Å². The summed E-state index contributed by atoms with van der Waals surface area (Å²) in [4.78, 5) is 35.6. The highest BCUT2D eigenvalue weighted by molar-refractivity contribution is 6.20. The zero-order valence-electron chi connectivity index (χ0n) is 10.6. The molecule has 0 aliphatic carbocycles. The molecule has 17 heavy (non-hydrogen) atoms. The van der Waals surface area contributed by atoms with Crippen LogP contribution in [0.25, 0.3) is 0 Å². The van der Waals surface area contributed by atoms with E-state index >= 15 is 0 Å². The number of nitrogens with zero attached hydrogens (tertiary/aromatic N) is 1. The van der Waals surface area contributed by atoms with E-state index in [2.05, 4.69) is 0 Å². The van der Waals surface area contributed by atoms with Crippen molar-refractivity contribution in [1.29, 1.82) is 0 Å². The smallest absolute Gasteiger partial charge is 0.257 e. The molecule has 2 N–H and O–H groups in total. The number of hydrogen-bond donors (Lipinski definition) is 1. The molecule has 94 valence electrons. The van der Waals surface area contributed by atoms with Gasteiger partial charge in [-0.15, -0.1) is 0 Å². The summed E-state index contributed by atoms with van der Waals surface area (Å²) < 4.78 is 0. The molecule has 1 atom stereocenters. The molecule has 5 nitrogen and oxygen atoms in total. The summed E-state index contributed by atoms with van der Waals surface area (Å²) >= 11 is 0. The number of rotatable bonds is 4.